The third kappa shape index (κ3) is 4.90. The lowest BCUT2D eigenvalue weighted by molar-refractivity contribution is -0.121. The first-order chi connectivity index (χ1) is 10.6. The Morgan fingerprint density at radius 2 is 2.09 bits per heavy atom. The predicted octanol–water partition coefficient (Wildman–Crippen LogP) is 1.13. The third-order valence-electron chi connectivity index (χ3n) is 3.19. The SMILES string of the molecule is N#C/C(=N\Nc1ccc(CCC(=O)NC2CC2)cc1)C(=N)N. The minimum atomic E-state index is -0.381. The number of carbonyl (C=O) groups is 1. The molecule has 1 saturated carbocycles. The molecule has 1 fully saturated rings. The lowest BCUT2D eigenvalue weighted by Gasteiger charge is -2.05. The molecule has 1 aromatic carbocycles. The van der Waals surface area contributed by atoms with Gasteiger partial charge in [-0.25, -0.2) is 0 Å². The molecule has 1 amide bonds. The summed E-state index contributed by atoms with van der Waals surface area (Å²) in [4.78, 5) is 11.6. The minimum Gasteiger partial charge on any atom is -0.382 e. The number of hydrogen-bond donors (Lipinski definition) is 4. The molecule has 0 radical (unpaired) electrons. The van der Waals surface area contributed by atoms with E-state index in [2.05, 4.69) is 15.8 Å². The standard InChI is InChI=1S/C15H18N6O/c16-9-13(15(17)18)21-20-12-4-1-10(2-5-12)3-8-14(22)19-11-6-7-11/h1-2,4-5,11,20H,3,6-8H2,(H3,17,18)(H,19,22)/b21-13+. The number of nitrogens with zero attached hydrogens (tertiary/aromatic N) is 2. The fraction of sp³-hybridized carbons (Fsp3) is 0.333. The zero-order valence-corrected chi connectivity index (χ0v) is 12.1. The van der Waals surface area contributed by atoms with Crippen molar-refractivity contribution in [2.24, 2.45) is 10.8 Å². The highest BCUT2D eigenvalue weighted by atomic mass is 16.1. The molecule has 7 nitrogen and oxygen atoms in total. The van der Waals surface area contributed by atoms with Crippen LogP contribution in [-0.2, 0) is 11.2 Å². The maximum Gasteiger partial charge on any atom is 0.220 e. The predicted molar refractivity (Wildman–Crippen MR) is 84.5 cm³/mol. The quantitative estimate of drug-likeness (QED) is 0.342. The Hall–Kier alpha value is -2.88. The summed E-state index contributed by atoms with van der Waals surface area (Å²) in [5.41, 5.74) is 9.43. The van der Waals surface area contributed by atoms with Gasteiger partial charge in [0.2, 0.25) is 11.6 Å². The van der Waals surface area contributed by atoms with Crippen molar-refractivity contribution < 1.29 is 4.79 Å². The summed E-state index contributed by atoms with van der Waals surface area (Å²) in [6, 6.07) is 9.50. The second kappa shape index (κ2) is 7.22. The second-order valence-electron chi connectivity index (χ2n) is 5.14. The molecule has 0 aromatic heterocycles. The molecule has 0 spiro atoms. The summed E-state index contributed by atoms with van der Waals surface area (Å²) >= 11 is 0. The van der Waals surface area contributed by atoms with Crippen molar-refractivity contribution in [3.05, 3.63) is 29.8 Å². The van der Waals surface area contributed by atoms with Crippen LogP contribution in [0.2, 0.25) is 0 Å². The summed E-state index contributed by atoms with van der Waals surface area (Å²) in [6.45, 7) is 0. The molecule has 0 unspecified atom stereocenters. The van der Waals surface area contributed by atoms with Gasteiger partial charge in [0.15, 0.2) is 5.84 Å². The zero-order chi connectivity index (χ0) is 15.9. The van der Waals surface area contributed by atoms with Crippen LogP contribution in [0, 0.1) is 16.7 Å². The maximum absolute atomic E-state index is 11.6. The summed E-state index contributed by atoms with van der Waals surface area (Å²) < 4.78 is 0. The first kappa shape index (κ1) is 15.5. The van der Waals surface area contributed by atoms with Crippen LogP contribution in [0.3, 0.4) is 0 Å². The molecule has 1 aliphatic rings. The average molecular weight is 298 g/mol. The van der Waals surface area contributed by atoms with E-state index in [9.17, 15) is 4.79 Å². The number of aryl methyl sites for hydroxylation is 1. The van der Waals surface area contributed by atoms with Crippen LogP contribution >= 0.6 is 0 Å². The van der Waals surface area contributed by atoms with Crippen molar-refractivity contribution in [1.29, 1.82) is 10.7 Å². The number of anilines is 1. The number of nitrogens with two attached hydrogens (primary N) is 1. The Morgan fingerprint density at radius 1 is 1.41 bits per heavy atom. The lowest BCUT2D eigenvalue weighted by atomic mass is 10.1. The fourth-order valence-electron chi connectivity index (χ4n) is 1.80. The summed E-state index contributed by atoms with van der Waals surface area (Å²) in [5.74, 6) is -0.289. The molecule has 0 aliphatic heterocycles. The largest absolute Gasteiger partial charge is 0.382 e. The van der Waals surface area contributed by atoms with Crippen LogP contribution in [0.15, 0.2) is 29.4 Å². The van der Waals surface area contributed by atoms with E-state index in [1.165, 1.54) is 0 Å². The highest BCUT2D eigenvalue weighted by Crippen LogP contribution is 2.19. The molecule has 0 bridgehead atoms. The normalized spacial score (nSPS) is 14.0. The van der Waals surface area contributed by atoms with Crippen molar-refractivity contribution in [3.63, 3.8) is 0 Å². The number of nitrogens with one attached hydrogen (secondary N) is 3. The van der Waals surface area contributed by atoms with Crippen LogP contribution in [0.25, 0.3) is 0 Å². The van der Waals surface area contributed by atoms with E-state index in [-0.39, 0.29) is 17.5 Å². The average Bonchev–Trinajstić information content (AvgIpc) is 3.30. The van der Waals surface area contributed by atoms with Gasteiger partial charge in [-0.15, -0.1) is 0 Å². The fourth-order valence-corrected chi connectivity index (χ4v) is 1.80. The molecule has 0 saturated heterocycles. The van der Waals surface area contributed by atoms with E-state index in [0.717, 1.165) is 18.4 Å². The summed E-state index contributed by atoms with van der Waals surface area (Å²) in [5, 5.41) is 22.6. The Labute approximate surface area is 128 Å². The Kier molecular flexibility index (Phi) is 5.09. The van der Waals surface area contributed by atoms with Gasteiger partial charge in [-0.2, -0.15) is 10.4 Å². The van der Waals surface area contributed by atoms with E-state index in [1.54, 1.807) is 18.2 Å². The summed E-state index contributed by atoms with van der Waals surface area (Å²) in [7, 11) is 0. The van der Waals surface area contributed by atoms with Crippen molar-refractivity contribution in [2.45, 2.75) is 31.7 Å². The van der Waals surface area contributed by atoms with E-state index < -0.39 is 0 Å². The molecule has 22 heavy (non-hydrogen) atoms. The van der Waals surface area contributed by atoms with Crippen molar-refractivity contribution in [1.82, 2.24) is 5.32 Å². The minimum absolute atomic E-state index is 0.0921. The van der Waals surface area contributed by atoms with Crippen molar-refractivity contribution >= 4 is 23.1 Å². The van der Waals surface area contributed by atoms with E-state index >= 15 is 0 Å². The smallest absolute Gasteiger partial charge is 0.220 e. The Morgan fingerprint density at radius 3 is 2.64 bits per heavy atom. The molecule has 114 valence electrons. The molecule has 1 aromatic rings. The molecule has 0 atom stereocenters. The second-order valence-corrected chi connectivity index (χ2v) is 5.14. The number of amidine groups is 1. The van der Waals surface area contributed by atoms with Crippen LogP contribution in [0.5, 0.6) is 0 Å². The van der Waals surface area contributed by atoms with E-state index in [4.69, 9.17) is 16.4 Å². The van der Waals surface area contributed by atoms with Crippen molar-refractivity contribution in [2.75, 3.05) is 5.43 Å². The van der Waals surface area contributed by atoms with Crippen LogP contribution in [0.1, 0.15) is 24.8 Å². The number of carbonyl (C=O) groups excluding carboxylic acids is 1. The van der Waals surface area contributed by atoms with E-state index in [0.29, 0.717) is 24.6 Å². The van der Waals surface area contributed by atoms with Crippen LogP contribution < -0.4 is 16.5 Å². The molecule has 7 heteroatoms. The Balaban J connectivity index is 1.83. The molecule has 5 N–H and O–H groups in total. The van der Waals surface area contributed by atoms with Crippen molar-refractivity contribution in [3.8, 4) is 6.07 Å². The molecular formula is C15H18N6O. The first-order valence-electron chi connectivity index (χ1n) is 7.05. The van der Waals surface area contributed by atoms with Gasteiger partial charge in [-0.1, -0.05) is 12.1 Å². The van der Waals surface area contributed by atoms with Crippen LogP contribution in [-0.4, -0.2) is 23.5 Å². The zero-order valence-electron chi connectivity index (χ0n) is 12.1. The van der Waals surface area contributed by atoms with Gasteiger partial charge in [-0.05, 0) is 37.0 Å². The monoisotopic (exact) mass is 298 g/mol. The number of rotatable bonds is 7. The summed E-state index contributed by atoms with van der Waals surface area (Å²) in [6.07, 6.45) is 3.35. The molecule has 0 heterocycles. The van der Waals surface area contributed by atoms with Crippen LogP contribution in [0.4, 0.5) is 5.69 Å². The van der Waals surface area contributed by atoms with Gasteiger partial charge >= 0.3 is 0 Å². The number of amides is 1. The maximum atomic E-state index is 11.6. The highest BCUT2D eigenvalue weighted by Gasteiger charge is 2.22. The van der Waals surface area contributed by atoms with Gasteiger partial charge in [0.1, 0.15) is 6.07 Å². The van der Waals surface area contributed by atoms with Gasteiger partial charge in [0.05, 0.1) is 5.69 Å². The van der Waals surface area contributed by atoms with Gasteiger partial charge in [-0.3, -0.25) is 15.6 Å². The molecular weight excluding hydrogens is 280 g/mol. The third-order valence-corrected chi connectivity index (χ3v) is 3.19. The van der Waals surface area contributed by atoms with Gasteiger partial charge in [0, 0.05) is 12.5 Å². The van der Waals surface area contributed by atoms with Gasteiger partial charge in [0.25, 0.3) is 0 Å². The molecule has 2 rings (SSSR count). The molecule has 1 aliphatic carbocycles. The first-order valence-corrected chi connectivity index (χ1v) is 7.05. The topological polar surface area (TPSA) is 127 Å². The Bertz CT molecular complexity index is 624. The number of nitriles is 1. The number of hydrazone groups is 1. The number of hydrogen-bond acceptors (Lipinski definition) is 5. The highest BCUT2D eigenvalue weighted by molar-refractivity contribution is 6.45. The van der Waals surface area contributed by atoms with E-state index in [1.807, 2.05) is 12.1 Å². The number of benzene rings is 1. The van der Waals surface area contributed by atoms with Gasteiger partial charge < -0.3 is 11.1 Å². The lowest BCUT2D eigenvalue weighted by Crippen LogP contribution is -2.25.